The van der Waals surface area contributed by atoms with Crippen molar-refractivity contribution >= 4 is 5.78 Å². The summed E-state index contributed by atoms with van der Waals surface area (Å²) in [5.74, 6) is 6.73. The molecule has 4 aliphatic carbocycles. The summed E-state index contributed by atoms with van der Waals surface area (Å²) in [4.78, 5) is 12.1. The van der Waals surface area contributed by atoms with Gasteiger partial charge in [-0.15, -0.1) is 0 Å². The van der Waals surface area contributed by atoms with E-state index in [-0.39, 0.29) is 0 Å². The third-order valence-electron chi connectivity index (χ3n) is 8.71. The van der Waals surface area contributed by atoms with Crippen LogP contribution in [0.3, 0.4) is 0 Å². The molecule has 4 fully saturated rings. The number of fused-ring (bicyclic) bond motifs is 5. The first-order chi connectivity index (χ1) is 10.5. The minimum absolute atomic E-state index is 0.349. The Morgan fingerprint density at radius 1 is 0.909 bits per heavy atom. The third kappa shape index (κ3) is 2.13. The van der Waals surface area contributed by atoms with Crippen LogP contribution in [-0.4, -0.2) is 5.78 Å². The van der Waals surface area contributed by atoms with Crippen LogP contribution in [0.1, 0.15) is 78.6 Å². The lowest BCUT2D eigenvalue weighted by molar-refractivity contribution is -0.128. The quantitative estimate of drug-likeness (QED) is 0.627. The molecule has 0 radical (unpaired) electrons. The van der Waals surface area contributed by atoms with Gasteiger partial charge in [-0.2, -0.15) is 0 Å². The lowest BCUT2D eigenvalue weighted by atomic mass is 9.49. The first-order valence-corrected chi connectivity index (χ1v) is 10.0. The summed E-state index contributed by atoms with van der Waals surface area (Å²) in [5, 5.41) is 0. The highest BCUT2D eigenvalue weighted by Crippen LogP contribution is 2.64. The van der Waals surface area contributed by atoms with Gasteiger partial charge < -0.3 is 0 Å². The Hall–Kier alpha value is -0.330. The molecule has 4 rings (SSSR count). The van der Waals surface area contributed by atoms with Gasteiger partial charge in [0.1, 0.15) is 5.78 Å². The molecular weight excluding hydrogens is 268 g/mol. The van der Waals surface area contributed by atoms with Crippen molar-refractivity contribution in [3.8, 4) is 0 Å². The average molecular weight is 303 g/mol. The van der Waals surface area contributed by atoms with Crippen molar-refractivity contribution in [2.75, 3.05) is 0 Å². The SMILES string of the molecule is CC(=O)[C@H]1CC[C@H]2[C@@H]3CC[C@H]4C[C@@H](C)CC[C@@H]4[C@H]3CC[C@]12C. The van der Waals surface area contributed by atoms with Gasteiger partial charge in [0, 0.05) is 5.92 Å². The molecule has 0 amide bonds. The molecular formula is C21H34O. The molecule has 0 heterocycles. The van der Waals surface area contributed by atoms with Gasteiger partial charge in [-0.3, -0.25) is 4.79 Å². The Kier molecular flexibility index (Phi) is 3.70. The zero-order valence-corrected chi connectivity index (χ0v) is 14.8. The molecule has 0 bridgehead atoms. The molecule has 4 saturated carbocycles. The average Bonchev–Trinajstić information content (AvgIpc) is 2.84. The lowest BCUT2D eigenvalue weighted by Crippen LogP contribution is -2.49. The second-order valence-corrected chi connectivity index (χ2v) is 9.64. The van der Waals surface area contributed by atoms with E-state index in [4.69, 9.17) is 0 Å². The summed E-state index contributed by atoms with van der Waals surface area (Å²) < 4.78 is 0. The van der Waals surface area contributed by atoms with Gasteiger partial charge >= 0.3 is 0 Å². The molecule has 4 aliphatic rings. The normalized spacial score (nSPS) is 54.2. The predicted molar refractivity (Wildman–Crippen MR) is 90.4 cm³/mol. The van der Waals surface area contributed by atoms with E-state index in [1.165, 1.54) is 57.8 Å². The zero-order valence-electron chi connectivity index (χ0n) is 14.8. The molecule has 1 nitrogen and oxygen atoms in total. The van der Waals surface area contributed by atoms with Gasteiger partial charge in [0.05, 0.1) is 0 Å². The van der Waals surface area contributed by atoms with Crippen molar-refractivity contribution in [2.24, 2.45) is 46.8 Å². The second kappa shape index (κ2) is 5.35. The zero-order chi connectivity index (χ0) is 15.5. The van der Waals surface area contributed by atoms with E-state index < -0.39 is 0 Å². The van der Waals surface area contributed by atoms with Gasteiger partial charge in [-0.1, -0.05) is 20.3 Å². The molecule has 1 heteroatoms. The van der Waals surface area contributed by atoms with Crippen LogP contribution in [0, 0.1) is 46.8 Å². The predicted octanol–water partition coefficient (Wildman–Crippen LogP) is 5.48. The van der Waals surface area contributed by atoms with Gasteiger partial charge in [0.2, 0.25) is 0 Å². The van der Waals surface area contributed by atoms with Crippen LogP contribution in [0.4, 0.5) is 0 Å². The van der Waals surface area contributed by atoms with Crippen molar-refractivity contribution in [3.63, 3.8) is 0 Å². The van der Waals surface area contributed by atoms with Crippen LogP contribution in [0.2, 0.25) is 0 Å². The van der Waals surface area contributed by atoms with Crippen LogP contribution in [0.5, 0.6) is 0 Å². The molecule has 0 spiro atoms. The fourth-order valence-electron chi connectivity index (χ4n) is 7.76. The number of ketones is 1. The fourth-order valence-corrected chi connectivity index (χ4v) is 7.76. The number of hydrogen-bond donors (Lipinski definition) is 0. The maximum Gasteiger partial charge on any atom is 0.133 e. The maximum atomic E-state index is 12.1. The molecule has 0 aromatic rings. The number of carbonyl (C=O) groups excluding carboxylic acids is 1. The molecule has 0 saturated heterocycles. The summed E-state index contributed by atoms with van der Waals surface area (Å²) in [6, 6.07) is 0. The molecule has 0 N–H and O–H groups in total. The van der Waals surface area contributed by atoms with E-state index in [1.54, 1.807) is 0 Å². The van der Waals surface area contributed by atoms with E-state index in [0.29, 0.717) is 17.1 Å². The largest absolute Gasteiger partial charge is 0.300 e. The highest BCUT2D eigenvalue weighted by Gasteiger charge is 2.57. The first kappa shape index (κ1) is 15.2. The summed E-state index contributed by atoms with van der Waals surface area (Å²) >= 11 is 0. The summed E-state index contributed by atoms with van der Waals surface area (Å²) in [6.07, 6.45) is 12.7. The molecule has 0 aliphatic heterocycles. The molecule has 0 aromatic heterocycles. The summed E-state index contributed by atoms with van der Waals surface area (Å²) in [5.41, 5.74) is 0.349. The van der Waals surface area contributed by atoms with Crippen molar-refractivity contribution < 1.29 is 4.79 Å². The van der Waals surface area contributed by atoms with Crippen molar-refractivity contribution in [3.05, 3.63) is 0 Å². The van der Waals surface area contributed by atoms with Crippen LogP contribution in [0.15, 0.2) is 0 Å². The Balaban J connectivity index is 1.56. The van der Waals surface area contributed by atoms with Crippen molar-refractivity contribution in [1.29, 1.82) is 0 Å². The monoisotopic (exact) mass is 302 g/mol. The van der Waals surface area contributed by atoms with E-state index in [1.807, 2.05) is 6.92 Å². The van der Waals surface area contributed by atoms with Gasteiger partial charge in [-0.05, 0) is 99.2 Å². The van der Waals surface area contributed by atoms with E-state index >= 15 is 0 Å². The number of carbonyl (C=O) groups is 1. The number of Topliss-reactive ketones (excluding diaryl/α,β-unsaturated/α-hetero) is 1. The highest BCUT2D eigenvalue weighted by molar-refractivity contribution is 5.79. The van der Waals surface area contributed by atoms with E-state index in [0.717, 1.165) is 35.5 Å². The van der Waals surface area contributed by atoms with Crippen molar-refractivity contribution in [1.82, 2.24) is 0 Å². The van der Waals surface area contributed by atoms with Crippen LogP contribution in [-0.2, 0) is 4.79 Å². The molecule has 0 unspecified atom stereocenters. The minimum atomic E-state index is 0.349. The van der Waals surface area contributed by atoms with Gasteiger partial charge in [0.25, 0.3) is 0 Å². The van der Waals surface area contributed by atoms with Gasteiger partial charge in [0.15, 0.2) is 0 Å². The highest BCUT2D eigenvalue weighted by atomic mass is 16.1. The Bertz CT molecular complexity index is 455. The van der Waals surface area contributed by atoms with Crippen molar-refractivity contribution in [2.45, 2.75) is 78.6 Å². The first-order valence-electron chi connectivity index (χ1n) is 10.0. The third-order valence-corrected chi connectivity index (χ3v) is 8.71. The maximum absolute atomic E-state index is 12.1. The van der Waals surface area contributed by atoms with Crippen LogP contribution >= 0.6 is 0 Å². The fraction of sp³-hybridized carbons (Fsp3) is 0.952. The van der Waals surface area contributed by atoms with Crippen LogP contribution < -0.4 is 0 Å². The smallest absolute Gasteiger partial charge is 0.133 e. The topological polar surface area (TPSA) is 17.1 Å². The molecule has 0 aromatic carbocycles. The summed E-state index contributed by atoms with van der Waals surface area (Å²) in [7, 11) is 0. The Labute approximate surface area is 136 Å². The van der Waals surface area contributed by atoms with Crippen LogP contribution in [0.25, 0.3) is 0 Å². The standard InChI is InChI=1S/C21H34O/c1-13-4-6-16-15(12-13)5-7-18-17(16)10-11-21(3)19(14(2)22)8-9-20(18)21/h13,15-20H,4-12H2,1-3H3/t13-,15-,16-,17+,18+,19+,20-,21+/m0/s1. The lowest BCUT2D eigenvalue weighted by Gasteiger charge is -2.56. The Morgan fingerprint density at radius 2 is 1.68 bits per heavy atom. The second-order valence-electron chi connectivity index (χ2n) is 9.64. The molecule has 124 valence electrons. The molecule has 8 atom stereocenters. The molecule has 22 heavy (non-hydrogen) atoms. The van der Waals surface area contributed by atoms with E-state index in [2.05, 4.69) is 13.8 Å². The minimum Gasteiger partial charge on any atom is -0.300 e. The number of rotatable bonds is 1. The summed E-state index contributed by atoms with van der Waals surface area (Å²) in [6.45, 7) is 6.79. The van der Waals surface area contributed by atoms with Gasteiger partial charge in [-0.25, -0.2) is 0 Å². The number of hydrogen-bond acceptors (Lipinski definition) is 1. The Morgan fingerprint density at radius 3 is 2.45 bits per heavy atom. The van der Waals surface area contributed by atoms with E-state index in [9.17, 15) is 4.79 Å².